The Balaban J connectivity index is -0.000000131. The topological polar surface area (TPSA) is 263 Å². The number of carbonyl (C=O) groups excluding carboxylic acids is 10. The highest BCUT2D eigenvalue weighted by Crippen LogP contribution is 2.58. The molecule has 3 rings (SSSR count). The first-order valence-corrected chi connectivity index (χ1v) is 25.1. The van der Waals surface area contributed by atoms with Gasteiger partial charge >= 0.3 is 59.7 Å². The van der Waals surface area contributed by atoms with Gasteiger partial charge in [0.2, 0.25) is 13.6 Å². The molecule has 4 unspecified atom stereocenters. The van der Waals surface area contributed by atoms with Crippen molar-refractivity contribution in [3.05, 3.63) is 126 Å². The SMILES string of the molecule is C.C.C.C.C1CC2C3CCC(C3)C2C1.C=C(C)C(=O)OCOC(=O)C(=C)C.C=CC(=O)OCC.C=CC(=O)OCC.C=CC(=O)OCOC(=O)C=C.C=CCOC(=O)CCCCC(=O)OCC=C.C=COC(=O)CCCCC(=O)OC=C. The number of rotatable bonds is 28. The molecule has 3 saturated carbocycles. The van der Waals surface area contributed by atoms with Crippen LogP contribution >= 0.6 is 0 Å². The summed E-state index contributed by atoms with van der Waals surface area (Å²) in [5.41, 5.74) is 0.512. The summed E-state index contributed by atoms with van der Waals surface area (Å²) in [4.78, 5) is 106. The van der Waals surface area contributed by atoms with Crippen LogP contribution in [0.3, 0.4) is 0 Å². The van der Waals surface area contributed by atoms with Gasteiger partial charge in [0, 0.05) is 61.1 Å². The van der Waals surface area contributed by atoms with Crippen LogP contribution in [0.4, 0.5) is 0 Å². The fourth-order valence-corrected chi connectivity index (χ4v) is 6.90. The maximum absolute atomic E-state index is 11.0. The van der Waals surface area contributed by atoms with Crippen LogP contribution in [0.15, 0.2) is 126 Å². The zero-order chi connectivity index (χ0) is 60.1. The molecule has 2 bridgehead atoms. The van der Waals surface area contributed by atoms with Gasteiger partial charge in [0.15, 0.2) is 0 Å². The third-order valence-corrected chi connectivity index (χ3v) is 10.2. The van der Waals surface area contributed by atoms with E-state index < -0.39 is 37.5 Å². The van der Waals surface area contributed by atoms with E-state index in [1.54, 1.807) is 52.4 Å². The Hall–Kier alpha value is -7.90. The van der Waals surface area contributed by atoms with Crippen LogP contribution in [0, 0.1) is 23.7 Å². The van der Waals surface area contributed by atoms with Crippen LogP contribution in [0.2, 0.25) is 0 Å². The lowest BCUT2D eigenvalue weighted by atomic mass is 9.82. The summed E-state index contributed by atoms with van der Waals surface area (Å²) in [6, 6.07) is 0. The van der Waals surface area contributed by atoms with E-state index in [1.807, 2.05) is 0 Å². The number of unbranched alkanes of at least 4 members (excludes halogenated alkanes) is 2. The molecule has 3 aliphatic carbocycles. The molecule has 0 aromatic carbocycles. The number of carbonyl (C=O) groups is 10. The average Bonchev–Trinajstić information content (AvgIpc) is 4.19. The molecule has 0 aliphatic heterocycles. The Kier molecular flexibility index (Phi) is 68.9. The van der Waals surface area contributed by atoms with Gasteiger partial charge in [0.1, 0.15) is 13.2 Å². The van der Waals surface area contributed by atoms with Crippen molar-refractivity contribution in [2.75, 3.05) is 40.0 Å². The van der Waals surface area contributed by atoms with Gasteiger partial charge in [-0.15, -0.1) is 0 Å². The monoisotopic (exact) mass is 1160 g/mol. The lowest BCUT2D eigenvalue weighted by molar-refractivity contribution is -0.162. The quantitative estimate of drug-likeness (QED) is 0.0134. The van der Waals surface area contributed by atoms with Crippen LogP contribution < -0.4 is 0 Å². The van der Waals surface area contributed by atoms with Crippen molar-refractivity contribution in [1.82, 2.24) is 0 Å². The Morgan fingerprint density at radius 3 is 0.963 bits per heavy atom. The van der Waals surface area contributed by atoms with Crippen molar-refractivity contribution in [2.45, 2.75) is 147 Å². The Labute approximate surface area is 490 Å². The molecule has 0 heterocycles. The normalized spacial score (nSPS) is 14.1. The van der Waals surface area contributed by atoms with Gasteiger partial charge in [-0.1, -0.05) is 114 Å². The fourth-order valence-electron chi connectivity index (χ4n) is 6.90. The number of hydrogen-bond acceptors (Lipinski definition) is 20. The molecule has 3 fully saturated rings. The van der Waals surface area contributed by atoms with Crippen molar-refractivity contribution >= 4 is 59.7 Å². The van der Waals surface area contributed by atoms with E-state index in [-0.39, 0.29) is 103 Å². The molecule has 468 valence electrons. The maximum atomic E-state index is 11.0. The summed E-state index contributed by atoms with van der Waals surface area (Å²) >= 11 is 0. The molecule has 0 N–H and O–H groups in total. The molecule has 0 amide bonds. The van der Waals surface area contributed by atoms with E-state index in [0.717, 1.165) is 36.8 Å². The maximum Gasteiger partial charge on any atom is 0.335 e. The molecule has 20 heteroatoms. The smallest absolute Gasteiger partial charge is 0.335 e. The van der Waals surface area contributed by atoms with E-state index >= 15 is 0 Å². The zero-order valence-corrected chi connectivity index (χ0v) is 46.3. The molecule has 20 nitrogen and oxygen atoms in total. The number of hydrogen-bond donors (Lipinski definition) is 0. The summed E-state index contributed by atoms with van der Waals surface area (Å²) in [6.07, 6.45) is 22.6. The van der Waals surface area contributed by atoms with Crippen LogP contribution in [0.1, 0.15) is 147 Å². The summed E-state index contributed by atoms with van der Waals surface area (Å²) < 4.78 is 45.0. The van der Waals surface area contributed by atoms with E-state index in [2.05, 4.69) is 104 Å². The zero-order valence-electron chi connectivity index (χ0n) is 46.3. The Bertz CT molecular complexity index is 1830. The van der Waals surface area contributed by atoms with Gasteiger partial charge in [-0.2, -0.15) is 0 Å². The molecule has 0 aromatic heterocycles. The molecule has 3 aliphatic rings. The van der Waals surface area contributed by atoms with Crippen LogP contribution in [0.25, 0.3) is 0 Å². The predicted molar refractivity (Wildman–Crippen MR) is 318 cm³/mol. The third kappa shape index (κ3) is 55.4. The second kappa shape index (κ2) is 62.3. The first-order chi connectivity index (χ1) is 37.1. The Morgan fingerprint density at radius 1 is 0.415 bits per heavy atom. The molecule has 4 atom stereocenters. The summed E-state index contributed by atoms with van der Waals surface area (Å²) in [7, 11) is 0. The standard InChI is InChI=1S/C12H18O4.C10H14O4.C10H16.C9H12O4.C7H8O4.2C5H8O2.4CH4/c1-3-9-15-11(13)7-5-6-8-12(14)16-10-4-2;1-3-13-9(11)7-5-6-8-10(12)14-4-2;1-2-9-7-4-5-8(6-7)10(9)3-1;1-6(2)8(10)12-5-13-9(11)7(3)4;1-3-6(8)10-5-11-7(9)4-2;2*1-3-5(6)7-4-2;;;;/h3-4H,1-2,5-10H2;3-4H,1-2,5-8H2;7-10H,1-6H2;1,3,5H2,2,4H3;3-4H,1-2,5H2;2*3H,1,4H2,2H3;4*1H4. The molecule has 0 spiro atoms. The summed E-state index contributed by atoms with van der Waals surface area (Å²) in [6.45, 7) is 39.8. The van der Waals surface area contributed by atoms with Crippen molar-refractivity contribution < 1.29 is 95.3 Å². The van der Waals surface area contributed by atoms with Gasteiger partial charge in [0.25, 0.3) is 0 Å². The first kappa shape index (κ1) is 90.6. The molecule has 0 aromatic rings. The Morgan fingerprint density at radius 2 is 0.707 bits per heavy atom. The van der Waals surface area contributed by atoms with Crippen molar-refractivity contribution in [3.8, 4) is 0 Å². The highest BCUT2D eigenvalue weighted by Gasteiger charge is 2.48. The van der Waals surface area contributed by atoms with Gasteiger partial charge in [-0.3, -0.25) is 19.2 Å². The minimum absolute atomic E-state index is 0. The van der Waals surface area contributed by atoms with E-state index in [0.29, 0.717) is 51.7 Å². The van der Waals surface area contributed by atoms with Crippen molar-refractivity contribution in [3.63, 3.8) is 0 Å². The summed E-state index contributed by atoms with van der Waals surface area (Å²) in [5.74, 6) is 0.429. The summed E-state index contributed by atoms with van der Waals surface area (Å²) in [5, 5.41) is 0. The second-order valence-electron chi connectivity index (χ2n) is 16.2. The van der Waals surface area contributed by atoms with E-state index in [9.17, 15) is 47.9 Å². The van der Waals surface area contributed by atoms with Crippen LogP contribution in [-0.2, 0) is 95.3 Å². The highest BCUT2D eigenvalue weighted by molar-refractivity contribution is 5.88. The highest BCUT2D eigenvalue weighted by atomic mass is 16.7. The number of fused-ring (bicyclic) bond motifs is 5. The fraction of sp³-hybridized carbons (Fsp3) is 0.516. The van der Waals surface area contributed by atoms with Crippen LogP contribution in [-0.4, -0.2) is 99.7 Å². The average molecular weight is 1170 g/mol. The van der Waals surface area contributed by atoms with Crippen molar-refractivity contribution in [2.24, 2.45) is 23.7 Å². The number of esters is 10. The number of ether oxygens (including phenoxy) is 10. The lowest BCUT2D eigenvalue weighted by Gasteiger charge is -2.23. The molecule has 82 heavy (non-hydrogen) atoms. The van der Waals surface area contributed by atoms with Crippen molar-refractivity contribution in [1.29, 1.82) is 0 Å². The van der Waals surface area contributed by atoms with Gasteiger partial charge in [0.05, 0.1) is 25.7 Å². The van der Waals surface area contributed by atoms with E-state index in [4.69, 9.17) is 9.47 Å². The van der Waals surface area contributed by atoms with Gasteiger partial charge in [-0.25, -0.2) is 28.8 Å². The minimum atomic E-state index is -0.637. The minimum Gasteiger partial charge on any atom is -0.463 e. The lowest BCUT2D eigenvalue weighted by Crippen LogP contribution is -2.15. The molecular formula is C62H100O20. The molecule has 0 saturated heterocycles. The molecular weight excluding hydrogens is 1060 g/mol. The van der Waals surface area contributed by atoms with Gasteiger partial charge < -0.3 is 47.4 Å². The largest absolute Gasteiger partial charge is 0.463 e. The third-order valence-electron chi connectivity index (χ3n) is 10.2. The van der Waals surface area contributed by atoms with E-state index in [1.165, 1.54) is 49.7 Å². The predicted octanol–water partition coefficient (Wildman–Crippen LogP) is 12.4. The first-order valence-electron chi connectivity index (χ1n) is 25.1. The van der Waals surface area contributed by atoms with Gasteiger partial charge in [-0.05, 0) is 109 Å². The molecule has 0 radical (unpaired) electrons. The second-order valence-corrected chi connectivity index (χ2v) is 16.2. The van der Waals surface area contributed by atoms with Crippen LogP contribution in [0.5, 0.6) is 0 Å².